The number of amides is 3. The topological polar surface area (TPSA) is 98.7 Å². The van der Waals surface area contributed by atoms with Crippen LogP contribution >= 0.6 is 0 Å². The van der Waals surface area contributed by atoms with Gasteiger partial charge < -0.3 is 15.7 Å². The van der Waals surface area contributed by atoms with Gasteiger partial charge in [0.25, 0.3) is 5.91 Å². The number of carbonyl (C=O) groups is 3. The van der Waals surface area contributed by atoms with Crippen molar-refractivity contribution in [3.63, 3.8) is 0 Å². The van der Waals surface area contributed by atoms with Gasteiger partial charge in [-0.1, -0.05) is 13.8 Å². The van der Waals surface area contributed by atoms with Gasteiger partial charge in [-0.2, -0.15) is 0 Å². The molecule has 8 heteroatoms. The molecule has 1 aromatic rings. The Morgan fingerprint density at radius 2 is 2.04 bits per heavy atom. The minimum Gasteiger partial charge on any atom is -0.481 e. The summed E-state index contributed by atoms with van der Waals surface area (Å²) < 4.78 is 14.1. The summed E-state index contributed by atoms with van der Waals surface area (Å²) >= 11 is 0. The Morgan fingerprint density at radius 1 is 1.36 bits per heavy atom. The maximum Gasteiger partial charge on any atom is 0.321 e. The normalized spacial score (nSPS) is 14.4. The number of hydrogen-bond donors (Lipinski definition) is 3. The van der Waals surface area contributed by atoms with Crippen molar-refractivity contribution in [1.29, 1.82) is 0 Å². The predicted molar refractivity (Wildman–Crippen MR) is 90.1 cm³/mol. The number of benzene rings is 1. The van der Waals surface area contributed by atoms with Gasteiger partial charge in [0.05, 0.1) is 11.0 Å². The molecule has 25 heavy (non-hydrogen) atoms. The molecular weight excluding hydrogens is 329 g/mol. The van der Waals surface area contributed by atoms with Crippen LogP contribution in [0.25, 0.3) is 0 Å². The van der Waals surface area contributed by atoms with Crippen LogP contribution in [-0.4, -0.2) is 42.6 Å². The number of carbonyl (C=O) groups excluding carboxylic acids is 2. The number of nitrogens with zero attached hydrogens (tertiary/aromatic N) is 1. The standard InChI is InChI=1S/C17H22FN3O4/c1-3-17(4-2,15(23)24)10-20-14(22)12-9-11(5-6-13(12)18)21-8-7-19-16(21)25/h5-6,9H,3-4,7-8,10H2,1-2H3,(H,19,25)(H,20,22)(H,23,24). The molecule has 1 aliphatic rings. The first-order valence-electron chi connectivity index (χ1n) is 8.21. The van der Waals surface area contributed by atoms with Crippen molar-refractivity contribution in [3.05, 3.63) is 29.6 Å². The highest BCUT2D eigenvalue weighted by Gasteiger charge is 2.35. The Morgan fingerprint density at radius 3 is 2.56 bits per heavy atom. The van der Waals surface area contributed by atoms with Crippen molar-refractivity contribution in [2.75, 3.05) is 24.5 Å². The Bertz CT molecular complexity index is 688. The average molecular weight is 351 g/mol. The van der Waals surface area contributed by atoms with E-state index in [1.807, 2.05) is 0 Å². The van der Waals surface area contributed by atoms with E-state index in [2.05, 4.69) is 10.6 Å². The van der Waals surface area contributed by atoms with E-state index in [9.17, 15) is 23.9 Å². The van der Waals surface area contributed by atoms with Crippen LogP contribution in [0.5, 0.6) is 0 Å². The van der Waals surface area contributed by atoms with E-state index in [1.54, 1.807) is 13.8 Å². The molecule has 2 rings (SSSR count). The van der Waals surface area contributed by atoms with Crippen LogP contribution < -0.4 is 15.5 Å². The first kappa shape index (κ1) is 18.7. The zero-order chi connectivity index (χ0) is 18.6. The number of halogens is 1. The van der Waals surface area contributed by atoms with E-state index in [1.165, 1.54) is 17.0 Å². The highest BCUT2D eigenvalue weighted by molar-refractivity contribution is 5.98. The number of carboxylic acid groups (broad SMARTS) is 1. The van der Waals surface area contributed by atoms with Gasteiger partial charge in [0.1, 0.15) is 5.82 Å². The third kappa shape index (κ3) is 3.72. The maximum absolute atomic E-state index is 14.1. The summed E-state index contributed by atoms with van der Waals surface area (Å²) in [5.41, 5.74) is -0.890. The van der Waals surface area contributed by atoms with Crippen LogP contribution in [0.3, 0.4) is 0 Å². The van der Waals surface area contributed by atoms with Crippen molar-refractivity contribution >= 4 is 23.6 Å². The minimum atomic E-state index is -1.08. The van der Waals surface area contributed by atoms with Crippen molar-refractivity contribution < 1.29 is 23.9 Å². The Hall–Kier alpha value is -2.64. The molecule has 0 radical (unpaired) electrons. The zero-order valence-corrected chi connectivity index (χ0v) is 14.3. The van der Waals surface area contributed by atoms with Gasteiger partial charge in [-0.3, -0.25) is 14.5 Å². The molecule has 3 N–H and O–H groups in total. The van der Waals surface area contributed by atoms with Crippen LogP contribution in [0, 0.1) is 11.2 Å². The number of rotatable bonds is 7. The van der Waals surface area contributed by atoms with Crippen molar-refractivity contribution in [3.8, 4) is 0 Å². The average Bonchev–Trinajstić information content (AvgIpc) is 3.02. The smallest absolute Gasteiger partial charge is 0.321 e. The van der Waals surface area contributed by atoms with Gasteiger partial charge in [0.15, 0.2) is 0 Å². The fraction of sp³-hybridized carbons (Fsp3) is 0.471. The van der Waals surface area contributed by atoms with Gasteiger partial charge in [-0.25, -0.2) is 9.18 Å². The maximum atomic E-state index is 14.1. The van der Waals surface area contributed by atoms with Gasteiger partial charge >= 0.3 is 12.0 Å². The quantitative estimate of drug-likeness (QED) is 0.699. The first-order valence-corrected chi connectivity index (χ1v) is 8.21. The number of urea groups is 1. The molecule has 0 aromatic heterocycles. The monoisotopic (exact) mass is 351 g/mol. The molecule has 0 atom stereocenters. The van der Waals surface area contributed by atoms with Gasteiger partial charge in [-0.15, -0.1) is 0 Å². The molecule has 0 unspecified atom stereocenters. The molecule has 0 bridgehead atoms. The summed E-state index contributed by atoms with van der Waals surface area (Å²) in [6, 6.07) is 3.55. The fourth-order valence-electron chi connectivity index (χ4n) is 2.80. The van der Waals surface area contributed by atoms with E-state index in [-0.39, 0.29) is 18.1 Å². The Labute approximate surface area is 145 Å². The van der Waals surface area contributed by atoms with Crippen LogP contribution in [0.2, 0.25) is 0 Å². The highest BCUT2D eigenvalue weighted by Crippen LogP contribution is 2.26. The summed E-state index contributed by atoms with van der Waals surface area (Å²) in [6.45, 7) is 4.28. The van der Waals surface area contributed by atoms with Crippen LogP contribution in [0.4, 0.5) is 14.9 Å². The minimum absolute atomic E-state index is 0.0952. The second kappa shape index (κ2) is 7.50. The zero-order valence-electron chi connectivity index (χ0n) is 14.3. The fourth-order valence-corrected chi connectivity index (χ4v) is 2.80. The predicted octanol–water partition coefficient (Wildman–Crippen LogP) is 1.98. The van der Waals surface area contributed by atoms with Gasteiger partial charge in [0, 0.05) is 25.3 Å². The molecule has 1 aliphatic heterocycles. The third-order valence-electron chi connectivity index (χ3n) is 4.76. The third-order valence-corrected chi connectivity index (χ3v) is 4.76. The Balaban J connectivity index is 2.18. The number of carboxylic acids is 1. The summed E-state index contributed by atoms with van der Waals surface area (Å²) in [4.78, 5) is 37.0. The molecule has 1 aromatic carbocycles. The lowest BCUT2D eigenvalue weighted by Crippen LogP contribution is -2.42. The van der Waals surface area contributed by atoms with E-state index in [0.717, 1.165) is 6.07 Å². The second-order valence-corrected chi connectivity index (χ2v) is 6.02. The second-order valence-electron chi connectivity index (χ2n) is 6.02. The lowest BCUT2D eigenvalue weighted by molar-refractivity contribution is -0.149. The summed E-state index contributed by atoms with van der Waals surface area (Å²) in [5.74, 6) is -2.43. The van der Waals surface area contributed by atoms with E-state index in [0.29, 0.717) is 31.6 Å². The number of hydrogen-bond acceptors (Lipinski definition) is 3. The van der Waals surface area contributed by atoms with Crippen LogP contribution in [0.1, 0.15) is 37.0 Å². The van der Waals surface area contributed by atoms with Crippen molar-refractivity contribution in [1.82, 2.24) is 10.6 Å². The molecule has 0 spiro atoms. The number of aliphatic carboxylic acids is 1. The first-order chi connectivity index (χ1) is 11.8. The summed E-state index contributed by atoms with van der Waals surface area (Å²) in [5, 5.41) is 14.5. The summed E-state index contributed by atoms with van der Waals surface area (Å²) in [6.07, 6.45) is 0.686. The van der Waals surface area contributed by atoms with E-state index >= 15 is 0 Å². The molecule has 0 aliphatic carbocycles. The van der Waals surface area contributed by atoms with E-state index in [4.69, 9.17) is 0 Å². The van der Waals surface area contributed by atoms with Gasteiger partial charge in [-0.05, 0) is 31.0 Å². The molecule has 0 saturated carbocycles. The molecule has 1 heterocycles. The lowest BCUT2D eigenvalue weighted by Gasteiger charge is -2.27. The van der Waals surface area contributed by atoms with Crippen molar-refractivity contribution in [2.24, 2.45) is 5.41 Å². The lowest BCUT2D eigenvalue weighted by atomic mass is 9.82. The van der Waals surface area contributed by atoms with E-state index < -0.39 is 23.1 Å². The van der Waals surface area contributed by atoms with Gasteiger partial charge in [0.2, 0.25) is 0 Å². The number of nitrogens with one attached hydrogen (secondary N) is 2. The largest absolute Gasteiger partial charge is 0.481 e. The molecule has 7 nitrogen and oxygen atoms in total. The molecule has 3 amide bonds. The number of anilines is 1. The molecule has 1 fully saturated rings. The van der Waals surface area contributed by atoms with Crippen molar-refractivity contribution in [2.45, 2.75) is 26.7 Å². The molecule has 136 valence electrons. The highest BCUT2D eigenvalue weighted by atomic mass is 19.1. The molecule has 1 saturated heterocycles. The van der Waals surface area contributed by atoms with Crippen LogP contribution in [0.15, 0.2) is 18.2 Å². The van der Waals surface area contributed by atoms with Crippen LogP contribution in [-0.2, 0) is 4.79 Å². The SMILES string of the molecule is CCC(CC)(CNC(=O)c1cc(N2CCNC2=O)ccc1F)C(=O)O. The Kier molecular flexibility index (Phi) is 5.61. The summed E-state index contributed by atoms with van der Waals surface area (Å²) in [7, 11) is 0. The molecular formula is C17H22FN3O4.